The number of hydrogen-bond acceptors (Lipinski definition) is 9. The molecular weight excluding hydrogens is 819 g/mol. The van der Waals surface area contributed by atoms with Crippen molar-refractivity contribution in [2.24, 2.45) is 0 Å². The molecule has 0 radical (unpaired) electrons. The summed E-state index contributed by atoms with van der Waals surface area (Å²) in [6, 6.07) is 12.7. The van der Waals surface area contributed by atoms with Crippen LogP contribution in [0, 0.1) is 0 Å². The summed E-state index contributed by atoms with van der Waals surface area (Å²) in [7, 11) is 1.52. The summed E-state index contributed by atoms with van der Waals surface area (Å²) in [5.74, 6) is -5.62. The predicted octanol–water partition coefficient (Wildman–Crippen LogP) is 2.17. The van der Waals surface area contributed by atoms with Crippen molar-refractivity contribution in [3.05, 3.63) is 71.8 Å². The Morgan fingerprint density at radius 2 is 0.952 bits per heavy atom. The van der Waals surface area contributed by atoms with Gasteiger partial charge >= 0.3 is 23.9 Å². The maximum Gasteiger partial charge on any atom is 0.326 e. The summed E-state index contributed by atoms with van der Waals surface area (Å²) < 4.78 is 0. The van der Waals surface area contributed by atoms with Gasteiger partial charge in [0.2, 0.25) is 29.5 Å². The number of aliphatic carboxylic acids is 3. The molecule has 19 heteroatoms. The third kappa shape index (κ3) is 23.9. The van der Waals surface area contributed by atoms with Gasteiger partial charge in [0.05, 0.1) is 0 Å². The number of nitrogens with one attached hydrogen (secondary N) is 7. The van der Waals surface area contributed by atoms with Crippen LogP contribution in [0.5, 0.6) is 0 Å². The number of benzene rings is 2. The van der Waals surface area contributed by atoms with Crippen LogP contribution < -0.4 is 37.2 Å². The molecule has 346 valence electrons. The number of carbonyl (C=O) groups is 9. The summed E-state index contributed by atoms with van der Waals surface area (Å²) in [6.07, 6.45) is 4.90. The fourth-order valence-electron chi connectivity index (χ4n) is 6.40. The number of amides is 7. The maximum absolute atomic E-state index is 13.7. The van der Waals surface area contributed by atoms with Gasteiger partial charge < -0.3 is 52.5 Å². The van der Waals surface area contributed by atoms with E-state index in [1.807, 2.05) is 60.7 Å². The van der Waals surface area contributed by atoms with Crippen molar-refractivity contribution in [2.45, 2.75) is 127 Å². The minimum atomic E-state index is -1.50. The first-order valence-corrected chi connectivity index (χ1v) is 21.4. The van der Waals surface area contributed by atoms with Crippen molar-refractivity contribution < 1.29 is 58.5 Å². The van der Waals surface area contributed by atoms with E-state index in [9.17, 15) is 53.4 Å². The van der Waals surface area contributed by atoms with E-state index < -0.39 is 60.4 Å². The average Bonchev–Trinajstić information content (AvgIpc) is 3.25. The Morgan fingerprint density at radius 1 is 0.460 bits per heavy atom. The van der Waals surface area contributed by atoms with Gasteiger partial charge in [0.15, 0.2) is 0 Å². The largest absolute Gasteiger partial charge is 0.481 e. The SMILES string of the molecule is CNC(=O)CCCC(=O)NC(Cc1ccccc1)C(=O)NC(Cc1ccccc1)C(=O)NCCCCCCCC(=O)NCCCCC(NC(=O)NC(CCC(=O)O)C(=O)O)C(=O)O. The first-order valence-electron chi connectivity index (χ1n) is 21.4. The van der Waals surface area contributed by atoms with Gasteiger partial charge in [0.1, 0.15) is 24.2 Å². The summed E-state index contributed by atoms with van der Waals surface area (Å²) in [6.45, 7) is 0.663. The monoisotopic (exact) mass is 881 g/mol. The number of carbonyl (C=O) groups excluding carboxylic acids is 6. The summed E-state index contributed by atoms with van der Waals surface area (Å²) >= 11 is 0. The van der Waals surface area contributed by atoms with Gasteiger partial charge in [-0.1, -0.05) is 79.9 Å². The molecule has 4 unspecified atom stereocenters. The Morgan fingerprint density at radius 3 is 1.52 bits per heavy atom. The molecule has 0 heterocycles. The molecule has 0 spiro atoms. The molecule has 0 aliphatic rings. The van der Waals surface area contributed by atoms with Gasteiger partial charge in [0.25, 0.3) is 0 Å². The topological polar surface area (TPSA) is 299 Å². The zero-order chi connectivity index (χ0) is 46.4. The van der Waals surface area contributed by atoms with Crippen molar-refractivity contribution in [1.29, 1.82) is 0 Å². The van der Waals surface area contributed by atoms with Gasteiger partial charge in [-0.3, -0.25) is 28.8 Å². The lowest BCUT2D eigenvalue weighted by atomic mass is 10.0. The molecule has 2 aromatic carbocycles. The highest BCUT2D eigenvalue weighted by atomic mass is 16.4. The highest BCUT2D eigenvalue weighted by molar-refractivity contribution is 5.92. The first kappa shape index (κ1) is 52.6. The fraction of sp³-hybridized carbons (Fsp3) is 0.523. The van der Waals surface area contributed by atoms with Gasteiger partial charge in [-0.05, 0) is 56.1 Å². The van der Waals surface area contributed by atoms with Crippen LogP contribution in [0.2, 0.25) is 0 Å². The minimum absolute atomic E-state index is 0.0203. The summed E-state index contributed by atoms with van der Waals surface area (Å²) in [5, 5.41) is 45.5. The van der Waals surface area contributed by atoms with E-state index in [1.165, 1.54) is 7.05 Å². The molecule has 19 nitrogen and oxygen atoms in total. The molecule has 4 atom stereocenters. The maximum atomic E-state index is 13.7. The standard InChI is InChI=1S/C44H63N7O12/c1-45-36(52)22-15-23-38(54)48-35(29-31-18-9-6-10-19-31)41(58)49-34(28-30-16-7-5-8-17-30)40(57)47-27-13-4-2-3-11-21-37(53)46-26-14-12-20-32(42(59)60)50-44(63)51-33(43(61)62)24-25-39(55)56/h5-10,16-19,32-35H,2-4,11-15,20-29H2,1H3,(H,45,52)(H,46,53)(H,47,57)(H,48,54)(H,49,58)(H,55,56)(H,59,60)(H,61,62)(H2,50,51,63). The normalized spacial score (nSPS) is 12.6. The lowest BCUT2D eigenvalue weighted by Gasteiger charge is -2.23. The van der Waals surface area contributed by atoms with E-state index in [0.29, 0.717) is 51.6 Å². The second-order valence-corrected chi connectivity index (χ2v) is 15.1. The van der Waals surface area contributed by atoms with E-state index in [0.717, 1.165) is 30.4 Å². The lowest BCUT2D eigenvalue weighted by molar-refractivity contribution is -0.141. The average molecular weight is 882 g/mol. The summed E-state index contributed by atoms with van der Waals surface area (Å²) in [4.78, 5) is 110. The molecule has 2 rings (SSSR count). The third-order valence-corrected chi connectivity index (χ3v) is 9.91. The zero-order valence-electron chi connectivity index (χ0n) is 35.8. The molecule has 0 fully saturated rings. The number of rotatable bonds is 32. The third-order valence-electron chi connectivity index (χ3n) is 9.91. The van der Waals surface area contributed by atoms with Crippen molar-refractivity contribution in [1.82, 2.24) is 37.2 Å². The predicted molar refractivity (Wildman–Crippen MR) is 231 cm³/mol. The smallest absolute Gasteiger partial charge is 0.326 e. The summed E-state index contributed by atoms with van der Waals surface area (Å²) in [5.41, 5.74) is 1.66. The molecule has 10 N–H and O–H groups in total. The van der Waals surface area contributed by atoms with Gasteiger partial charge in [-0.15, -0.1) is 0 Å². The molecule has 0 aromatic heterocycles. The van der Waals surface area contributed by atoms with Crippen molar-refractivity contribution in [2.75, 3.05) is 20.1 Å². The molecular formula is C44H63N7O12. The quantitative estimate of drug-likeness (QED) is 0.0473. The molecule has 7 amide bonds. The Hall–Kier alpha value is -6.53. The van der Waals surface area contributed by atoms with Crippen molar-refractivity contribution in [3.63, 3.8) is 0 Å². The van der Waals surface area contributed by atoms with Crippen LogP contribution in [0.25, 0.3) is 0 Å². The van der Waals surface area contributed by atoms with Crippen LogP contribution in [0.1, 0.15) is 101 Å². The Kier molecular flexibility index (Phi) is 25.5. The zero-order valence-corrected chi connectivity index (χ0v) is 35.8. The van der Waals surface area contributed by atoms with E-state index in [-0.39, 0.29) is 62.2 Å². The Labute approximate surface area is 367 Å². The van der Waals surface area contributed by atoms with E-state index >= 15 is 0 Å². The molecule has 0 aliphatic heterocycles. The van der Waals surface area contributed by atoms with Gasteiger partial charge in [0, 0.05) is 58.7 Å². The highest BCUT2D eigenvalue weighted by Gasteiger charge is 2.28. The molecule has 0 saturated heterocycles. The van der Waals surface area contributed by atoms with Crippen LogP contribution in [0.3, 0.4) is 0 Å². The van der Waals surface area contributed by atoms with Crippen molar-refractivity contribution >= 4 is 53.5 Å². The van der Waals surface area contributed by atoms with Gasteiger partial charge in [-0.2, -0.15) is 0 Å². The lowest BCUT2D eigenvalue weighted by Crippen LogP contribution is -2.55. The van der Waals surface area contributed by atoms with Crippen LogP contribution in [-0.4, -0.2) is 113 Å². The minimum Gasteiger partial charge on any atom is -0.481 e. The van der Waals surface area contributed by atoms with Crippen LogP contribution in [0.15, 0.2) is 60.7 Å². The van der Waals surface area contributed by atoms with Crippen LogP contribution in [-0.2, 0) is 51.2 Å². The number of unbranched alkanes of at least 4 members (excludes halogenated alkanes) is 5. The first-order chi connectivity index (χ1) is 30.2. The van der Waals surface area contributed by atoms with Gasteiger partial charge in [-0.25, -0.2) is 14.4 Å². The molecule has 0 saturated carbocycles. The van der Waals surface area contributed by atoms with Crippen LogP contribution in [0.4, 0.5) is 4.79 Å². The number of urea groups is 1. The fourth-order valence-corrected chi connectivity index (χ4v) is 6.40. The van der Waals surface area contributed by atoms with Crippen molar-refractivity contribution in [3.8, 4) is 0 Å². The van der Waals surface area contributed by atoms with E-state index in [2.05, 4.69) is 37.2 Å². The Bertz CT molecular complexity index is 1780. The molecule has 0 aliphatic carbocycles. The number of hydrogen-bond donors (Lipinski definition) is 10. The van der Waals surface area contributed by atoms with E-state index in [1.54, 1.807) is 0 Å². The number of carboxylic acid groups (broad SMARTS) is 3. The highest BCUT2D eigenvalue weighted by Crippen LogP contribution is 2.10. The van der Waals surface area contributed by atoms with Crippen LogP contribution >= 0.6 is 0 Å². The van der Waals surface area contributed by atoms with E-state index in [4.69, 9.17) is 5.11 Å². The second-order valence-electron chi connectivity index (χ2n) is 15.1. The molecule has 63 heavy (non-hydrogen) atoms. The number of carboxylic acids is 3. The second kappa shape index (κ2) is 30.5. The Balaban J connectivity index is 1.75. The molecule has 0 bridgehead atoms. The molecule has 2 aromatic rings.